The van der Waals surface area contributed by atoms with E-state index in [2.05, 4.69) is 40.4 Å². The summed E-state index contributed by atoms with van der Waals surface area (Å²) in [5, 5.41) is 4.37. The topological polar surface area (TPSA) is 28.2 Å². The van der Waals surface area contributed by atoms with Crippen molar-refractivity contribution in [2.75, 3.05) is 27.2 Å². The molecule has 0 aliphatic rings. The van der Waals surface area contributed by atoms with E-state index in [1.165, 1.54) is 10.9 Å². The summed E-state index contributed by atoms with van der Waals surface area (Å²) in [6, 6.07) is 10.5. The predicted octanol–water partition coefficient (Wildman–Crippen LogP) is 1.89. The first-order valence-electron chi connectivity index (χ1n) is 5.96. The van der Waals surface area contributed by atoms with Gasteiger partial charge in [-0.05, 0) is 31.8 Å². The Hall–Kier alpha value is -1.45. The predicted molar refractivity (Wildman–Crippen MR) is 72.0 cm³/mol. The lowest BCUT2D eigenvalue weighted by molar-refractivity contribution is 0.328. The van der Waals surface area contributed by atoms with Gasteiger partial charge in [-0.25, -0.2) is 0 Å². The summed E-state index contributed by atoms with van der Waals surface area (Å²) < 4.78 is 0. The number of hydrogen-bond acceptors (Lipinski definition) is 3. The Balaban J connectivity index is 2.08. The molecule has 0 unspecified atom stereocenters. The molecule has 1 aromatic heterocycles. The molecule has 0 aliphatic carbocycles. The SMILES string of the molecule is CNCCN(C)Cc1cnc2ccccc2c1. The lowest BCUT2D eigenvalue weighted by Crippen LogP contribution is -2.26. The molecule has 90 valence electrons. The Kier molecular flexibility index (Phi) is 4.07. The molecule has 0 spiro atoms. The molecule has 0 radical (unpaired) electrons. The Morgan fingerprint density at radius 2 is 2.12 bits per heavy atom. The maximum absolute atomic E-state index is 4.47. The summed E-state index contributed by atoms with van der Waals surface area (Å²) in [6.07, 6.45) is 1.97. The van der Waals surface area contributed by atoms with Crippen LogP contribution in [0.4, 0.5) is 0 Å². The molecule has 0 saturated heterocycles. The Morgan fingerprint density at radius 3 is 2.94 bits per heavy atom. The third kappa shape index (κ3) is 3.25. The van der Waals surface area contributed by atoms with Crippen LogP contribution in [0.3, 0.4) is 0 Å². The second-order valence-corrected chi connectivity index (χ2v) is 4.38. The quantitative estimate of drug-likeness (QED) is 0.848. The van der Waals surface area contributed by atoms with Crippen molar-refractivity contribution >= 4 is 10.9 Å². The maximum Gasteiger partial charge on any atom is 0.0702 e. The molecule has 1 aromatic carbocycles. The number of nitrogens with one attached hydrogen (secondary N) is 1. The van der Waals surface area contributed by atoms with Crippen molar-refractivity contribution in [3.8, 4) is 0 Å². The van der Waals surface area contributed by atoms with E-state index >= 15 is 0 Å². The number of pyridine rings is 1. The summed E-state index contributed by atoms with van der Waals surface area (Å²) in [4.78, 5) is 6.77. The molecule has 3 nitrogen and oxygen atoms in total. The number of nitrogens with zero attached hydrogens (tertiary/aromatic N) is 2. The number of aromatic nitrogens is 1. The van der Waals surface area contributed by atoms with Crippen LogP contribution in [0.2, 0.25) is 0 Å². The first kappa shape index (κ1) is 12.0. The zero-order valence-corrected chi connectivity index (χ0v) is 10.5. The molecule has 0 aliphatic heterocycles. The van der Waals surface area contributed by atoms with Crippen molar-refractivity contribution in [1.29, 1.82) is 0 Å². The normalized spacial score (nSPS) is 11.2. The van der Waals surface area contributed by atoms with Crippen LogP contribution in [0.25, 0.3) is 10.9 Å². The van der Waals surface area contributed by atoms with Gasteiger partial charge in [0.05, 0.1) is 5.52 Å². The molecule has 3 heteroatoms. The van der Waals surface area contributed by atoms with E-state index in [4.69, 9.17) is 0 Å². The zero-order valence-electron chi connectivity index (χ0n) is 10.5. The van der Waals surface area contributed by atoms with Gasteiger partial charge in [0.25, 0.3) is 0 Å². The average Bonchev–Trinajstić information content (AvgIpc) is 2.36. The van der Waals surface area contributed by atoms with Gasteiger partial charge in [-0.3, -0.25) is 4.98 Å². The number of hydrogen-bond donors (Lipinski definition) is 1. The first-order valence-corrected chi connectivity index (χ1v) is 5.96. The number of rotatable bonds is 5. The fourth-order valence-electron chi connectivity index (χ4n) is 1.90. The van der Waals surface area contributed by atoms with Crippen LogP contribution in [0.5, 0.6) is 0 Å². The lowest BCUT2D eigenvalue weighted by atomic mass is 10.1. The molecule has 1 heterocycles. The molecular formula is C14H19N3. The number of benzene rings is 1. The average molecular weight is 229 g/mol. The first-order chi connectivity index (χ1) is 8.29. The van der Waals surface area contributed by atoms with E-state index in [9.17, 15) is 0 Å². The minimum absolute atomic E-state index is 0.944. The van der Waals surface area contributed by atoms with Gasteiger partial charge in [0.1, 0.15) is 0 Å². The molecule has 0 amide bonds. The van der Waals surface area contributed by atoms with Gasteiger partial charge in [0.15, 0.2) is 0 Å². The standard InChI is InChI=1S/C14H19N3/c1-15-7-8-17(2)11-12-9-13-5-3-4-6-14(13)16-10-12/h3-6,9-10,15H,7-8,11H2,1-2H3. The molecule has 0 saturated carbocycles. The molecule has 0 atom stereocenters. The highest BCUT2D eigenvalue weighted by Gasteiger charge is 2.01. The van der Waals surface area contributed by atoms with E-state index in [1.807, 2.05) is 25.4 Å². The summed E-state index contributed by atoms with van der Waals surface area (Å²) >= 11 is 0. The minimum Gasteiger partial charge on any atom is -0.318 e. The van der Waals surface area contributed by atoms with Gasteiger partial charge >= 0.3 is 0 Å². The molecule has 0 fully saturated rings. The molecular weight excluding hydrogens is 210 g/mol. The van der Waals surface area contributed by atoms with Crippen molar-refractivity contribution in [2.24, 2.45) is 0 Å². The van der Waals surface area contributed by atoms with Crippen molar-refractivity contribution in [3.05, 3.63) is 42.1 Å². The van der Waals surface area contributed by atoms with Crippen LogP contribution in [0.1, 0.15) is 5.56 Å². The molecule has 0 bridgehead atoms. The third-order valence-corrected chi connectivity index (χ3v) is 2.84. The van der Waals surface area contributed by atoms with Crippen LogP contribution in [-0.4, -0.2) is 37.1 Å². The monoisotopic (exact) mass is 229 g/mol. The van der Waals surface area contributed by atoms with E-state index in [1.54, 1.807) is 0 Å². The van der Waals surface area contributed by atoms with Gasteiger partial charge < -0.3 is 10.2 Å². The van der Waals surface area contributed by atoms with Gasteiger partial charge in [-0.15, -0.1) is 0 Å². The van der Waals surface area contributed by atoms with Crippen LogP contribution >= 0.6 is 0 Å². The van der Waals surface area contributed by atoms with E-state index in [-0.39, 0.29) is 0 Å². The van der Waals surface area contributed by atoms with Crippen LogP contribution in [0.15, 0.2) is 36.5 Å². The maximum atomic E-state index is 4.47. The number of fused-ring (bicyclic) bond motifs is 1. The minimum atomic E-state index is 0.944. The number of likely N-dealkylation sites (N-methyl/N-ethyl adjacent to an activating group) is 2. The second kappa shape index (κ2) is 5.75. The van der Waals surface area contributed by atoms with Crippen LogP contribution in [-0.2, 0) is 6.54 Å². The molecule has 2 aromatic rings. The molecule has 2 rings (SSSR count). The highest BCUT2D eigenvalue weighted by molar-refractivity contribution is 5.78. The largest absolute Gasteiger partial charge is 0.318 e. The summed E-state index contributed by atoms with van der Waals surface area (Å²) in [7, 11) is 4.11. The van der Waals surface area contributed by atoms with Crippen LogP contribution in [0, 0.1) is 0 Å². The Bertz CT molecular complexity index is 482. The van der Waals surface area contributed by atoms with Crippen molar-refractivity contribution < 1.29 is 0 Å². The molecule has 1 N–H and O–H groups in total. The van der Waals surface area contributed by atoms with Crippen molar-refractivity contribution in [3.63, 3.8) is 0 Å². The third-order valence-electron chi connectivity index (χ3n) is 2.84. The lowest BCUT2D eigenvalue weighted by Gasteiger charge is -2.16. The van der Waals surface area contributed by atoms with Crippen molar-refractivity contribution in [2.45, 2.75) is 6.54 Å². The zero-order chi connectivity index (χ0) is 12.1. The highest BCUT2D eigenvalue weighted by Crippen LogP contribution is 2.13. The van der Waals surface area contributed by atoms with Gasteiger partial charge in [-0.1, -0.05) is 18.2 Å². The number of para-hydroxylation sites is 1. The summed E-state index contributed by atoms with van der Waals surface area (Å²) in [6.45, 7) is 3.00. The second-order valence-electron chi connectivity index (χ2n) is 4.38. The van der Waals surface area contributed by atoms with E-state index in [0.717, 1.165) is 25.2 Å². The molecule has 17 heavy (non-hydrogen) atoms. The fourth-order valence-corrected chi connectivity index (χ4v) is 1.90. The highest BCUT2D eigenvalue weighted by atomic mass is 15.1. The summed E-state index contributed by atoms with van der Waals surface area (Å²) in [5.74, 6) is 0. The fraction of sp³-hybridized carbons (Fsp3) is 0.357. The Labute approximate surface area is 102 Å². The van der Waals surface area contributed by atoms with Gasteiger partial charge in [0.2, 0.25) is 0 Å². The van der Waals surface area contributed by atoms with Crippen LogP contribution < -0.4 is 5.32 Å². The van der Waals surface area contributed by atoms with Gasteiger partial charge in [-0.2, -0.15) is 0 Å². The Morgan fingerprint density at radius 1 is 1.29 bits per heavy atom. The van der Waals surface area contributed by atoms with Gasteiger partial charge in [0, 0.05) is 31.2 Å². The van der Waals surface area contributed by atoms with E-state index in [0.29, 0.717) is 0 Å². The van der Waals surface area contributed by atoms with E-state index < -0.39 is 0 Å². The smallest absolute Gasteiger partial charge is 0.0702 e. The van der Waals surface area contributed by atoms with Crippen molar-refractivity contribution in [1.82, 2.24) is 15.2 Å². The summed E-state index contributed by atoms with van der Waals surface area (Å²) in [5.41, 5.74) is 2.33.